The maximum atomic E-state index is 4.56. The smallest absolute Gasteiger partial charge is 0.128 e. The van der Waals surface area contributed by atoms with Gasteiger partial charge in [-0.2, -0.15) is 0 Å². The van der Waals surface area contributed by atoms with E-state index in [9.17, 15) is 0 Å². The van der Waals surface area contributed by atoms with Crippen LogP contribution in [0.2, 0.25) is 0 Å². The Morgan fingerprint density at radius 1 is 1.16 bits per heavy atom. The summed E-state index contributed by atoms with van der Waals surface area (Å²) in [7, 11) is 4.21. The van der Waals surface area contributed by atoms with Gasteiger partial charge in [0.05, 0.1) is 0 Å². The van der Waals surface area contributed by atoms with Crippen molar-refractivity contribution in [3.05, 3.63) is 18.2 Å². The molecule has 4 nitrogen and oxygen atoms in total. The van der Waals surface area contributed by atoms with Crippen LogP contribution in [0.5, 0.6) is 0 Å². The van der Waals surface area contributed by atoms with Crippen LogP contribution >= 0.6 is 0 Å². The number of nitrogens with one attached hydrogen (secondary N) is 2. The molecule has 1 aromatic rings. The average Bonchev–Trinajstić information content (AvgIpc) is 2.40. The largest absolute Gasteiger partial charge is 0.373 e. The van der Waals surface area contributed by atoms with E-state index in [0.29, 0.717) is 6.04 Å². The monoisotopic (exact) mass is 260 g/mol. The predicted molar refractivity (Wildman–Crippen MR) is 79.6 cm³/mol. The second-order valence-corrected chi connectivity index (χ2v) is 5.87. The van der Waals surface area contributed by atoms with Crippen LogP contribution in [-0.2, 0) is 0 Å². The molecular formula is C15H24N4. The van der Waals surface area contributed by atoms with Gasteiger partial charge >= 0.3 is 0 Å². The Kier molecular flexibility index (Phi) is 3.60. The van der Waals surface area contributed by atoms with Gasteiger partial charge in [-0.3, -0.25) is 0 Å². The third-order valence-corrected chi connectivity index (χ3v) is 4.70. The van der Waals surface area contributed by atoms with Gasteiger partial charge in [-0.05, 0) is 44.9 Å². The van der Waals surface area contributed by atoms with E-state index >= 15 is 0 Å². The molecule has 3 rings (SSSR count). The molecular weight excluding hydrogens is 236 g/mol. The van der Waals surface area contributed by atoms with Crippen LogP contribution in [0.1, 0.15) is 32.1 Å². The van der Waals surface area contributed by atoms with Gasteiger partial charge in [-0.15, -0.1) is 0 Å². The van der Waals surface area contributed by atoms with Gasteiger partial charge in [0.2, 0.25) is 0 Å². The first-order chi connectivity index (χ1) is 9.26. The highest BCUT2D eigenvalue weighted by Crippen LogP contribution is 2.33. The molecule has 2 bridgehead atoms. The highest BCUT2D eigenvalue weighted by atomic mass is 15.2. The first kappa shape index (κ1) is 12.7. The molecule has 2 aliphatic heterocycles. The number of rotatable bonds is 3. The van der Waals surface area contributed by atoms with Crippen molar-refractivity contribution in [2.24, 2.45) is 0 Å². The number of hydrogen-bond acceptors (Lipinski definition) is 4. The maximum Gasteiger partial charge on any atom is 0.128 e. The number of nitrogens with zero attached hydrogens (tertiary/aromatic N) is 2. The zero-order chi connectivity index (χ0) is 13.2. The summed E-state index contributed by atoms with van der Waals surface area (Å²) in [6.07, 6.45) is 6.61. The average molecular weight is 260 g/mol. The number of hydrogen-bond donors (Lipinski definition) is 2. The van der Waals surface area contributed by atoms with Crippen molar-refractivity contribution in [2.45, 2.75) is 50.2 Å². The lowest BCUT2D eigenvalue weighted by molar-refractivity contribution is 0.0608. The van der Waals surface area contributed by atoms with E-state index < -0.39 is 0 Å². The third kappa shape index (κ3) is 2.68. The van der Waals surface area contributed by atoms with Gasteiger partial charge in [-0.1, -0.05) is 12.5 Å². The zero-order valence-electron chi connectivity index (χ0n) is 11.9. The Morgan fingerprint density at radius 2 is 1.84 bits per heavy atom. The molecule has 0 aliphatic carbocycles. The van der Waals surface area contributed by atoms with E-state index in [0.717, 1.165) is 23.7 Å². The molecule has 2 unspecified atom stereocenters. The van der Waals surface area contributed by atoms with Crippen LogP contribution in [0.3, 0.4) is 0 Å². The first-order valence-electron chi connectivity index (χ1n) is 7.39. The van der Waals surface area contributed by atoms with E-state index in [2.05, 4.69) is 39.7 Å². The second-order valence-electron chi connectivity index (χ2n) is 5.87. The van der Waals surface area contributed by atoms with Crippen LogP contribution in [0, 0.1) is 0 Å². The maximum absolute atomic E-state index is 4.56. The van der Waals surface area contributed by atoms with Gasteiger partial charge in [0, 0.05) is 25.2 Å². The normalized spacial score (nSPS) is 30.9. The zero-order valence-corrected chi connectivity index (χ0v) is 11.9. The number of anilines is 2. The molecule has 2 N–H and O–H groups in total. The van der Waals surface area contributed by atoms with Crippen molar-refractivity contribution < 1.29 is 0 Å². The lowest BCUT2D eigenvalue weighted by Gasteiger charge is -2.47. The standard InChI is InChI=1S/C15H24N4/c1-16-14-7-4-8-15(18-14)17-11-9-12-5-3-6-13(10-11)19(12)2/h4,7-8,11-13H,3,5-6,9-10H2,1-2H3,(H2,16,17,18). The molecule has 3 heterocycles. The molecule has 0 saturated carbocycles. The fourth-order valence-corrected chi connectivity index (χ4v) is 3.60. The van der Waals surface area contributed by atoms with Crippen molar-refractivity contribution in [3.8, 4) is 0 Å². The highest BCUT2D eigenvalue weighted by molar-refractivity contribution is 5.45. The minimum atomic E-state index is 0.575. The van der Waals surface area contributed by atoms with E-state index in [1.54, 1.807) is 0 Å². The van der Waals surface area contributed by atoms with Crippen LogP contribution < -0.4 is 10.6 Å². The molecule has 19 heavy (non-hydrogen) atoms. The Labute approximate surface area is 115 Å². The highest BCUT2D eigenvalue weighted by Gasteiger charge is 2.35. The summed E-state index contributed by atoms with van der Waals surface area (Å²) in [5.41, 5.74) is 0. The Morgan fingerprint density at radius 3 is 2.53 bits per heavy atom. The molecule has 0 aromatic carbocycles. The van der Waals surface area contributed by atoms with Crippen molar-refractivity contribution in [1.29, 1.82) is 0 Å². The molecule has 2 atom stereocenters. The summed E-state index contributed by atoms with van der Waals surface area (Å²) >= 11 is 0. The van der Waals surface area contributed by atoms with Gasteiger partial charge in [0.15, 0.2) is 0 Å². The van der Waals surface area contributed by atoms with E-state index in [1.165, 1.54) is 32.1 Å². The SMILES string of the molecule is CNc1cccc(NC2CC3CCCC(C2)N3C)n1. The fraction of sp³-hybridized carbons (Fsp3) is 0.667. The third-order valence-electron chi connectivity index (χ3n) is 4.70. The van der Waals surface area contributed by atoms with Crippen molar-refractivity contribution in [1.82, 2.24) is 9.88 Å². The topological polar surface area (TPSA) is 40.2 Å². The van der Waals surface area contributed by atoms with E-state index in [4.69, 9.17) is 0 Å². The van der Waals surface area contributed by atoms with Crippen LogP contribution in [0.25, 0.3) is 0 Å². The lowest BCUT2D eigenvalue weighted by atomic mass is 9.82. The second kappa shape index (κ2) is 5.37. The summed E-state index contributed by atoms with van der Waals surface area (Å²) in [6.45, 7) is 0. The molecule has 0 spiro atoms. The van der Waals surface area contributed by atoms with Gasteiger partial charge in [0.25, 0.3) is 0 Å². The van der Waals surface area contributed by atoms with E-state index in [1.807, 2.05) is 13.1 Å². The van der Waals surface area contributed by atoms with E-state index in [-0.39, 0.29) is 0 Å². The number of fused-ring (bicyclic) bond motifs is 2. The molecule has 0 amide bonds. The predicted octanol–water partition coefficient (Wildman–Crippen LogP) is 2.55. The van der Waals surface area contributed by atoms with Crippen molar-refractivity contribution >= 4 is 11.6 Å². The summed E-state index contributed by atoms with van der Waals surface area (Å²) in [6, 6.07) is 8.21. The Hall–Kier alpha value is -1.29. The van der Waals surface area contributed by atoms with Crippen molar-refractivity contribution in [3.63, 3.8) is 0 Å². The number of aromatic nitrogens is 1. The van der Waals surface area contributed by atoms with Gasteiger partial charge < -0.3 is 15.5 Å². The fourth-order valence-electron chi connectivity index (χ4n) is 3.60. The molecule has 2 saturated heterocycles. The summed E-state index contributed by atoms with van der Waals surface area (Å²) < 4.78 is 0. The van der Waals surface area contributed by atoms with Gasteiger partial charge in [-0.25, -0.2) is 4.98 Å². The minimum Gasteiger partial charge on any atom is -0.373 e. The number of piperidine rings is 2. The van der Waals surface area contributed by atoms with Gasteiger partial charge in [0.1, 0.15) is 11.6 Å². The summed E-state index contributed by atoms with van der Waals surface area (Å²) in [5.74, 6) is 1.93. The van der Waals surface area contributed by atoms with Crippen LogP contribution in [0.4, 0.5) is 11.6 Å². The number of pyridine rings is 1. The van der Waals surface area contributed by atoms with Crippen molar-refractivity contribution in [2.75, 3.05) is 24.7 Å². The Bertz CT molecular complexity index is 420. The minimum absolute atomic E-state index is 0.575. The summed E-state index contributed by atoms with van der Waals surface area (Å²) in [4.78, 5) is 7.16. The molecule has 104 valence electrons. The Balaban J connectivity index is 1.67. The summed E-state index contributed by atoms with van der Waals surface area (Å²) in [5, 5.41) is 6.72. The van der Waals surface area contributed by atoms with Crippen LogP contribution in [0.15, 0.2) is 18.2 Å². The molecule has 2 aliphatic rings. The molecule has 4 heteroatoms. The van der Waals surface area contributed by atoms with Crippen LogP contribution in [-0.4, -0.2) is 42.1 Å². The first-order valence-corrected chi connectivity index (χ1v) is 7.39. The lowest BCUT2D eigenvalue weighted by Crippen LogP contribution is -2.52. The molecule has 0 radical (unpaired) electrons. The molecule has 1 aromatic heterocycles. The molecule has 2 fully saturated rings. The quantitative estimate of drug-likeness (QED) is 0.876.